The summed E-state index contributed by atoms with van der Waals surface area (Å²) in [6.07, 6.45) is 7.01. The van der Waals surface area contributed by atoms with E-state index in [1.54, 1.807) is 12.4 Å². The molecule has 0 aromatic heterocycles. The first kappa shape index (κ1) is 10.8. The van der Waals surface area contributed by atoms with Crippen molar-refractivity contribution in [2.75, 3.05) is 6.61 Å². The van der Waals surface area contributed by atoms with Crippen molar-refractivity contribution in [1.82, 2.24) is 0 Å². The predicted octanol–water partition coefficient (Wildman–Crippen LogP) is 1.75. The fraction of sp³-hybridized carbons (Fsp3) is 0.600. The minimum Gasteiger partial charge on any atom is -0.464 e. The Morgan fingerprint density at radius 2 is 2.07 bits per heavy atom. The van der Waals surface area contributed by atoms with Gasteiger partial charge in [0.2, 0.25) is 0 Å². The Morgan fingerprint density at radius 1 is 1.36 bits per heavy atom. The molecule has 1 heterocycles. The van der Waals surface area contributed by atoms with E-state index >= 15 is 0 Å². The number of carbonyl (C=O) groups is 1. The van der Waals surface area contributed by atoms with E-state index in [2.05, 4.69) is 16.9 Å². The van der Waals surface area contributed by atoms with Crippen LogP contribution in [0.1, 0.15) is 32.6 Å². The van der Waals surface area contributed by atoms with Crippen LogP contribution in [0.25, 0.3) is 0 Å². The van der Waals surface area contributed by atoms with Gasteiger partial charge in [-0.1, -0.05) is 29.8 Å². The van der Waals surface area contributed by atoms with E-state index in [1.165, 1.54) is 0 Å². The minimum absolute atomic E-state index is 0.180. The van der Waals surface area contributed by atoms with Gasteiger partial charge in [-0.25, -0.2) is 0 Å². The van der Waals surface area contributed by atoms with Crippen LogP contribution in [-0.2, 0) is 9.53 Å². The van der Waals surface area contributed by atoms with E-state index < -0.39 is 0 Å². The van der Waals surface area contributed by atoms with Crippen LogP contribution in [0.15, 0.2) is 9.98 Å². The molecule has 1 aliphatic rings. The van der Waals surface area contributed by atoms with Gasteiger partial charge in [-0.15, -0.1) is 0 Å². The second-order valence-electron chi connectivity index (χ2n) is 3.08. The molecule has 1 aliphatic heterocycles. The van der Waals surface area contributed by atoms with Gasteiger partial charge < -0.3 is 4.74 Å². The number of nitrogens with zero attached hydrogens (tertiary/aromatic N) is 2. The van der Waals surface area contributed by atoms with Crippen molar-refractivity contribution in [2.24, 2.45) is 9.98 Å². The number of carbonyl (C=O) groups excluding carboxylic acids is 1. The smallest absolute Gasteiger partial charge is 0.326 e. The molecule has 14 heavy (non-hydrogen) atoms. The lowest BCUT2D eigenvalue weighted by Crippen LogP contribution is -2.08. The standard InChI is InChI=1S/C10H15N2O2/c1-2-3-4-7-14-10(13)8-9-11-5-6-12-9/h5-6H,2-4,7-8H2,1H3/q+1. The van der Waals surface area contributed by atoms with Gasteiger partial charge in [-0.2, -0.15) is 0 Å². The maximum absolute atomic E-state index is 11.2. The Balaban J connectivity index is 2.04. The molecule has 0 atom stereocenters. The van der Waals surface area contributed by atoms with E-state index in [-0.39, 0.29) is 12.4 Å². The maximum atomic E-state index is 11.2. The summed E-state index contributed by atoms with van der Waals surface area (Å²) in [5.74, 6) is -0.243. The molecule has 0 aromatic carbocycles. The number of aliphatic imine (C=N–C) groups is 2. The molecule has 0 bridgehead atoms. The van der Waals surface area contributed by atoms with Gasteiger partial charge in [0.25, 0.3) is 6.17 Å². The second kappa shape index (κ2) is 6.18. The third-order valence-corrected chi connectivity index (χ3v) is 1.83. The van der Waals surface area contributed by atoms with Gasteiger partial charge in [0.05, 0.1) is 6.61 Å². The zero-order chi connectivity index (χ0) is 10.2. The SMILES string of the molecule is CCCCCOC(=O)C[C+]1N=CC=N1. The van der Waals surface area contributed by atoms with Gasteiger partial charge in [0.15, 0.2) is 18.9 Å². The van der Waals surface area contributed by atoms with E-state index in [4.69, 9.17) is 4.74 Å². The second-order valence-corrected chi connectivity index (χ2v) is 3.08. The van der Waals surface area contributed by atoms with E-state index in [0.717, 1.165) is 19.3 Å². The largest absolute Gasteiger partial charge is 0.464 e. The molecular weight excluding hydrogens is 180 g/mol. The Hall–Kier alpha value is -1.32. The van der Waals surface area contributed by atoms with Crippen LogP contribution in [-0.4, -0.2) is 25.0 Å². The van der Waals surface area contributed by atoms with Crippen molar-refractivity contribution < 1.29 is 9.53 Å². The fourth-order valence-corrected chi connectivity index (χ4v) is 1.08. The monoisotopic (exact) mass is 195 g/mol. The third kappa shape index (κ3) is 4.07. The number of rotatable bonds is 6. The topological polar surface area (TPSA) is 51.0 Å². The number of unbranched alkanes of at least 4 members (excludes halogenated alkanes) is 2. The van der Waals surface area contributed by atoms with Crippen molar-refractivity contribution in [3.8, 4) is 0 Å². The van der Waals surface area contributed by atoms with Gasteiger partial charge in [-0.05, 0) is 6.42 Å². The molecule has 0 saturated heterocycles. The molecule has 0 unspecified atom stereocenters. The summed E-state index contributed by atoms with van der Waals surface area (Å²) < 4.78 is 5.00. The molecule has 0 saturated carbocycles. The summed E-state index contributed by atoms with van der Waals surface area (Å²) in [5, 5.41) is 0. The number of ether oxygens (including phenoxy) is 1. The van der Waals surface area contributed by atoms with Crippen molar-refractivity contribution in [1.29, 1.82) is 0 Å². The van der Waals surface area contributed by atoms with Crippen molar-refractivity contribution in [2.45, 2.75) is 32.6 Å². The average molecular weight is 195 g/mol. The molecule has 0 spiro atoms. The lowest BCUT2D eigenvalue weighted by atomic mass is 10.3. The summed E-state index contributed by atoms with van der Waals surface area (Å²) in [5.41, 5.74) is 0. The molecule has 0 aromatic rings. The van der Waals surface area contributed by atoms with Crippen molar-refractivity contribution in [3.63, 3.8) is 0 Å². The van der Waals surface area contributed by atoms with E-state index in [1.807, 2.05) is 0 Å². The summed E-state index contributed by atoms with van der Waals surface area (Å²) in [6.45, 7) is 2.62. The predicted molar refractivity (Wildman–Crippen MR) is 55.3 cm³/mol. The Labute approximate surface area is 84.1 Å². The van der Waals surface area contributed by atoms with Crippen LogP contribution in [0.2, 0.25) is 0 Å². The van der Waals surface area contributed by atoms with Crippen molar-refractivity contribution >= 4 is 18.4 Å². The lowest BCUT2D eigenvalue weighted by molar-refractivity contribution is -0.143. The summed E-state index contributed by atoms with van der Waals surface area (Å²) >= 11 is 0. The fourth-order valence-electron chi connectivity index (χ4n) is 1.08. The molecule has 0 N–H and O–H groups in total. The minimum atomic E-state index is -0.243. The van der Waals surface area contributed by atoms with Crippen LogP contribution < -0.4 is 0 Å². The van der Waals surface area contributed by atoms with E-state index in [0.29, 0.717) is 12.8 Å². The van der Waals surface area contributed by atoms with Crippen LogP contribution in [0.3, 0.4) is 0 Å². The Morgan fingerprint density at radius 3 is 2.71 bits per heavy atom. The summed E-state index contributed by atoms with van der Waals surface area (Å²) in [4.78, 5) is 18.9. The molecule has 76 valence electrons. The van der Waals surface area contributed by atoms with Gasteiger partial charge >= 0.3 is 5.97 Å². The molecule has 4 nitrogen and oxygen atoms in total. The quantitative estimate of drug-likeness (QED) is 0.368. The maximum Gasteiger partial charge on any atom is 0.326 e. The highest BCUT2D eigenvalue weighted by Crippen LogP contribution is 2.12. The highest BCUT2D eigenvalue weighted by molar-refractivity contribution is 6.18. The summed E-state index contributed by atoms with van der Waals surface area (Å²) in [6, 6.07) is 0. The first-order chi connectivity index (χ1) is 6.83. The molecule has 4 heteroatoms. The van der Waals surface area contributed by atoms with Gasteiger partial charge in [0.1, 0.15) is 0 Å². The Bertz CT molecular complexity index is 224. The third-order valence-electron chi connectivity index (χ3n) is 1.83. The van der Waals surface area contributed by atoms with Gasteiger partial charge in [0, 0.05) is 0 Å². The zero-order valence-electron chi connectivity index (χ0n) is 8.40. The first-order valence-electron chi connectivity index (χ1n) is 4.91. The van der Waals surface area contributed by atoms with Crippen LogP contribution in [0.5, 0.6) is 0 Å². The van der Waals surface area contributed by atoms with E-state index in [9.17, 15) is 4.79 Å². The highest BCUT2D eigenvalue weighted by Gasteiger charge is 2.21. The highest BCUT2D eigenvalue weighted by atomic mass is 16.5. The zero-order valence-corrected chi connectivity index (χ0v) is 8.40. The normalized spacial score (nSPS) is 13.6. The average Bonchev–Trinajstić information content (AvgIpc) is 2.65. The van der Waals surface area contributed by atoms with Crippen LogP contribution in [0, 0.1) is 6.17 Å². The molecular formula is C10H15N2O2+. The molecule has 0 fully saturated rings. The molecule has 1 rings (SSSR count). The molecule has 0 amide bonds. The lowest BCUT2D eigenvalue weighted by Gasteiger charge is -2.02. The number of hydrogen-bond donors (Lipinski definition) is 0. The first-order valence-corrected chi connectivity index (χ1v) is 4.91. The van der Waals surface area contributed by atoms with Crippen LogP contribution in [0.4, 0.5) is 0 Å². The van der Waals surface area contributed by atoms with Gasteiger partial charge in [-0.3, -0.25) is 4.79 Å². The van der Waals surface area contributed by atoms with Crippen LogP contribution >= 0.6 is 0 Å². The Kier molecular flexibility index (Phi) is 4.75. The van der Waals surface area contributed by atoms with Crippen molar-refractivity contribution in [3.05, 3.63) is 6.17 Å². The number of esters is 1. The summed E-state index contributed by atoms with van der Waals surface area (Å²) in [7, 11) is 0. The molecule has 0 radical (unpaired) electrons. The molecule has 0 aliphatic carbocycles. The number of hydrogen-bond acceptors (Lipinski definition) is 4.